The summed E-state index contributed by atoms with van der Waals surface area (Å²) in [5.41, 5.74) is 10.4. The summed E-state index contributed by atoms with van der Waals surface area (Å²) in [6, 6.07) is 9.36. The molecule has 0 amide bonds. The van der Waals surface area contributed by atoms with Crippen molar-refractivity contribution in [2.24, 2.45) is 0 Å². The van der Waals surface area contributed by atoms with Gasteiger partial charge in [-0.3, -0.25) is 4.79 Å². The normalized spacial score (nSPS) is 18.4. The molecule has 0 spiro atoms. The van der Waals surface area contributed by atoms with E-state index in [9.17, 15) is 4.79 Å². The molecule has 1 saturated heterocycles. The van der Waals surface area contributed by atoms with E-state index < -0.39 is 0 Å². The number of fused-ring (bicyclic) bond motifs is 3. The maximum Gasteiger partial charge on any atom is 0.205 e. The number of morpholine rings is 1. The molecule has 1 fully saturated rings. The number of nitrogens with zero attached hydrogens (tertiary/aromatic N) is 2. The topological polar surface area (TPSA) is 68.5 Å². The lowest BCUT2D eigenvalue weighted by atomic mass is 9.94. The summed E-state index contributed by atoms with van der Waals surface area (Å²) in [7, 11) is 0. The number of pyridine rings is 1. The Balaban J connectivity index is 1.70. The lowest BCUT2D eigenvalue weighted by Crippen LogP contribution is -2.38. The smallest absolute Gasteiger partial charge is 0.205 e. The van der Waals surface area contributed by atoms with Crippen molar-refractivity contribution < 1.29 is 9.53 Å². The molecule has 3 aromatic rings. The average Bonchev–Trinajstić information content (AvgIpc) is 3.09. The van der Waals surface area contributed by atoms with E-state index in [1.807, 2.05) is 42.1 Å². The van der Waals surface area contributed by atoms with E-state index in [2.05, 4.69) is 18.7 Å². The predicted molar refractivity (Wildman–Crippen MR) is 126 cm³/mol. The van der Waals surface area contributed by atoms with Gasteiger partial charge in [0.2, 0.25) is 5.78 Å². The van der Waals surface area contributed by atoms with E-state index in [1.165, 1.54) is 22.5 Å². The van der Waals surface area contributed by atoms with Crippen molar-refractivity contribution >= 4 is 50.6 Å². The van der Waals surface area contributed by atoms with Gasteiger partial charge in [-0.2, -0.15) is 11.8 Å². The molecular weight excluding hydrogens is 414 g/mol. The van der Waals surface area contributed by atoms with E-state index >= 15 is 0 Å². The van der Waals surface area contributed by atoms with Crippen LogP contribution in [0, 0.1) is 0 Å². The molecule has 0 unspecified atom stereocenters. The number of anilines is 2. The zero-order valence-corrected chi connectivity index (χ0v) is 18.9. The van der Waals surface area contributed by atoms with Crippen molar-refractivity contribution in [3.05, 3.63) is 51.9 Å². The summed E-state index contributed by atoms with van der Waals surface area (Å²) in [5.74, 6) is 1.93. The van der Waals surface area contributed by atoms with Gasteiger partial charge in [-0.25, -0.2) is 4.98 Å². The molecule has 2 aromatic heterocycles. The van der Waals surface area contributed by atoms with Gasteiger partial charge in [-0.05, 0) is 12.0 Å². The predicted octanol–water partition coefficient (Wildman–Crippen LogP) is 4.51. The van der Waals surface area contributed by atoms with Crippen molar-refractivity contribution in [2.75, 3.05) is 36.9 Å². The fourth-order valence-electron chi connectivity index (χ4n) is 4.27. The lowest BCUT2D eigenvalue weighted by molar-refractivity contribution is 0.104. The largest absolute Gasteiger partial charge is 0.397 e. The molecular formula is C23H25N3O2S2. The van der Waals surface area contributed by atoms with Gasteiger partial charge in [0.25, 0.3) is 0 Å². The Labute approximate surface area is 184 Å². The highest BCUT2D eigenvalue weighted by atomic mass is 32.2. The van der Waals surface area contributed by atoms with Crippen molar-refractivity contribution in [2.45, 2.75) is 30.8 Å². The fraction of sp³-hybridized carbons (Fsp3) is 0.391. The molecule has 0 aliphatic carbocycles. The molecule has 30 heavy (non-hydrogen) atoms. The van der Waals surface area contributed by atoms with Crippen LogP contribution in [0.1, 0.15) is 40.2 Å². The minimum atomic E-state index is -0.0257. The molecule has 0 atom stereocenters. The summed E-state index contributed by atoms with van der Waals surface area (Å²) in [4.78, 5) is 22.0. The molecule has 2 N–H and O–H groups in total. The Kier molecular flexibility index (Phi) is 5.00. The first-order valence-electron chi connectivity index (χ1n) is 10.2. The van der Waals surface area contributed by atoms with E-state index in [-0.39, 0.29) is 10.5 Å². The molecule has 156 valence electrons. The quantitative estimate of drug-likeness (QED) is 0.606. The van der Waals surface area contributed by atoms with Crippen LogP contribution in [-0.2, 0) is 16.9 Å². The number of hydrogen-bond donors (Lipinski definition) is 1. The number of thiophene rings is 1. The van der Waals surface area contributed by atoms with Crippen molar-refractivity contribution in [1.29, 1.82) is 0 Å². The summed E-state index contributed by atoms with van der Waals surface area (Å²) in [6.07, 6.45) is 0.920. The number of nitrogens with two attached hydrogens (primary N) is 1. The van der Waals surface area contributed by atoms with Crippen LogP contribution in [0.5, 0.6) is 0 Å². The number of benzene rings is 1. The zero-order valence-electron chi connectivity index (χ0n) is 17.2. The van der Waals surface area contributed by atoms with Gasteiger partial charge in [0.05, 0.1) is 18.9 Å². The number of carbonyl (C=O) groups is 1. The van der Waals surface area contributed by atoms with Crippen molar-refractivity contribution in [1.82, 2.24) is 4.98 Å². The Morgan fingerprint density at radius 1 is 1.17 bits per heavy atom. The second-order valence-electron chi connectivity index (χ2n) is 8.44. The molecule has 4 heterocycles. The molecule has 5 nitrogen and oxygen atoms in total. The van der Waals surface area contributed by atoms with Crippen LogP contribution in [-0.4, -0.2) is 41.8 Å². The maximum absolute atomic E-state index is 13.2. The summed E-state index contributed by atoms with van der Waals surface area (Å²) >= 11 is 3.39. The van der Waals surface area contributed by atoms with Crippen LogP contribution in [0.3, 0.4) is 0 Å². The number of carbonyl (C=O) groups excluding carboxylic acids is 1. The third kappa shape index (κ3) is 3.39. The molecule has 0 bridgehead atoms. The fourth-order valence-corrected chi connectivity index (χ4v) is 6.44. The number of thioether (sulfide) groups is 1. The average molecular weight is 440 g/mol. The third-order valence-electron chi connectivity index (χ3n) is 5.83. The molecule has 7 heteroatoms. The molecule has 0 saturated carbocycles. The summed E-state index contributed by atoms with van der Waals surface area (Å²) < 4.78 is 5.68. The number of nitrogen functional groups attached to an aromatic ring is 1. The van der Waals surface area contributed by atoms with Gasteiger partial charge in [0, 0.05) is 40.1 Å². The first-order valence-corrected chi connectivity index (χ1v) is 12.0. The van der Waals surface area contributed by atoms with Crippen LogP contribution < -0.4 is 10.6 Å². The molecule has 1 aromatic carbocycles. The summed E-state index contributed by atoms with van der Waals surface area (Å²) in [6.45, 7) is 7.68. The Hall–Kier alpha value is -2.09. The number of ether oxygens (including phenoxy) is 1. The van der Waals surface area contributed by atoms with Crippen LogP contribution >= 0.6 is 23.1 Å². The second kappa shape index (κ2) is 7.55. The highest BCUT2D eigenvalue weighted by Gasteiger charge is 2.33. The van der Waals surface area contributed by atoms with Crippen molar-refractivity contribution in [3.8, 4) is 0 Å². The van der Waals surface area contributed by atoms with Gasteiger partial charge in [0.15, 0.2) is 0 Å². The van der Waals surface area contributed by atoms with Crippen LogP contribution in [0.15, 0.2) is 30.3 Å². The standard InChI is InChI=1S/C23H25N3O2S2/c1-23(2)12-15-16(13-29-23)21(26-8-10-28-11-9-26)25-22-17(15)18(24)20(30-22)19(27)14-6-4-3-5-7-14/h3-7H,8-13,24H2,1-2H3. The number of ketones is 1. The van der Waals surface area contributed by atoms with Gasteiger partial charge in [0.1, 0.15) is 15.5 Å². The van der Waals surface area contributed by atoms with Gasteiger partial charge < -0.3 is 15.4 Å². The van der Waals surface area contributed by atoms with Gasteiger partial charge in [-0.15, -0.1) is 11.3 Å². The van der Waals surface area contributed by atoms with Crippen LogP contribution in [0.2, 0.25) is 0 Å². The highest BCUT2D eigenvalue weighted by Crippen LogP contribution is 2.47. The third-order valence-corrected chi connectivity index (χ3v) is 8.29. The van der Waals surface area contributed by atoms with Gasteiger partial charge >= 0.3 is 0 Å². The maximum atomic E-state index is 13.2. The zero-order chi connectivity index (χ0) is 20.9. The van der Waals surface area contributed by atoms with Crippen LogP contribution in [0.25, 0.3) is 10.2 Å². The summed E-state index contributed by atoms with van der Waals surface area (Å²) in [5, 5.41) is 0.986. The number of rotatable bonds is 3. The van der Waals surface area contributed by atoms with Gasteiger partial charge in [-0.1, -0.05) is 44.2 Å². The first kappa shape index (κ1) is 19.8. The highest BCUT2D eigenvalue weighted by molar-refractivity contribution is 7.99. The SMILES string of the molecule is CC1(C)Cc2c(c(N3CCOCC3)nc3sc(C(=O)c4ccccc4)c(N)c23)CS1. The Morgan fingerprint density at radius 2 is 1.90 bits per heavy atom. The second-order valence-corrected chi connectivity index (χ2v) is 11.1. The minimum Gasteiger partial charge on any atom is -0.397 e. The first-order chi connectivity index (χ1) is 14.4. The lowest BCUT2D eigenvalue weighted by Gasteiger charge is -2.36. The number of aromatic nitrogens is 1. The van der Waals surface area contributed by atoms with E-state index in [0.717, 1.165) is 54.5 Å². The minimum absolute atomic E-state index is 0.0257. The molecule has 2 aliphatic heterocycles. The molecule has 0 radical (unpaired) electrons. The molecule has 2 aliphatic rings. The van der Waals surface area contributed by atoms with E-state index in [4.69, 9.17) is 15.5 Å². The Morgan fingerprint density at radius 3 is 2.63 bits per heavy atom. The monoisotopic (exact) mass is 439 g/mol. The van der Waals surface area contributed by atoms with E-state index in [1.54, 1.807) is 0 Å². The van der Waals surface area contributed by atoms with Crippen molar-refractivity contribution in [3.63, 3.8) is 0 Å². The Bertz CT molecular complexity index is 1120. The van der Waals surface area contributed by atoms with Crippen LogP contribution in [0.4, 0.5) is 11.5 Å². The molecule has 5 rings (SSSR count). The number of hydrogen-bond acceptors (Lipinski definition) is 7. The van der Waals surface area contributed by atoms with E-state index in [0.29, 0.717) is 16.1 Å².